The van der Waals surface area contributed by atoms with Crippen LogP contribution in [0.3, 0.4) is 0 Å². The second-order valence-corrected chi connectivity index (χ2v) is 10.8. The molecule has 8 nitrogen and oxygen atoms in total. The number of hydrogen-bond donors (Lipinski definition) is 2. The number of nitrogens with zero attached hydrogens (tertiary/aromatic N) is 5. The number of aromatic nitrogens is 3. The van der Waals surface area contributed by atoms with E-state index >= 15 is 0 Å². The average molecular weight is 470 g/mol. The Morgan fingerprint density at radius 3 is 2.58 bits per heavy atom. The Bertz CT molecular complexity index is 1120. The first kappa shape index (κ1) is 23.4. The zero-order chi connectivity index (χ0) is 23.8. The summed E-state index contributed by atoms with van der Waals surface area (Å²) in [5, 5.41) is 12.6. The smallest absolute Gasteiger partial charge is 0.317 e. The highest BCUT2D eigenvalue weighted by molar-refractivity contribution is 7.20. The topological polar surface area (TPSA) is 77.8 Å². The molecule has 1 aliphatic rings. The van der Waals surface area contributed by atoms with Crippen molar-refractivity contribution < 1.29 is 4.79 Å². The lowest BCUT2D eigenvalue weighted by Gasteiger charge is -2.34. The molecule has 9 heteroatoms. The molecule has 1 aliphatic heterocycles. The van der Waals surface area contributed by atoms with Crippen molar-refractivity contribution in [2.45, 2.75) is 59.5 Å². The van der Waals surface area contributed by atoms with Crippen LogP contribution in [0.2, 0.25) is 0 Å². The molecule has 4 rings (SSSR count). The summed E-state index contributed by atoms with van der Waals surface area (Å²) in [5.74, 6) is 0.914. The van der Waals surface area contributed by atoms with E-state index in [1.165, 1.54) is 5.56 Å². The molecular weight excluding hydrogens is 434 g/mol. The fourth-order valence-corrected chi connectivity index (χ4v) is 4.79. The molecule has 3 aromatic rings. The van der Waals surface area contributed by atoms with Crippen LogP contribution in [0, 0.1) is 6.92 Å². The number of carbonyl (C=O) groups is 1. The number of rotatable bonds is 5. The van der Waals surface area contributed by atoms with Gasteiger partial charge in [0.25, 0.3) is 0 Å². The van der Waals surface area contributed by atoms with Crippen LogP contribution in [0.4, 0.5) is 15.7 Å². The normalized spacial score (nSPS) is 15.7. The van der Waals surface area contributed by atoms with E-state index in [0.29, 0.717) is 13.1 Å². The van der Waals surface area contributed by atoms with Gasteiger partial charge in [0, 0.05) is 43.3 Å². The van der Waals surface area contributed by atoms with Gasteiger partial charge in [0.1, 0.15) is 5.69 Å². The Morgan fingerprint density at radius 1 is 1.21 bits per heavy atom. The second kappa shape index (κ2) is 9.21. The molecule has 3 heterocycles. The van der Waals surface area contributed by atoms with E-state index < -0.39 is 0 Å². The molecule has 1 saturated heterocycles. The predicted octanol–water partition coefficient (Wildman–Crippen LogP) is 4.61. The molecule has 0 bridgehead atoms. The van der Waals surface area contributed by atoms with Gasteiger partial charge in [-0.3, -0.25) is 0 Å². The molecular formula is C24H35N7OS. The van der Waals surface area contributed by atoms with Gasteiger partial charge in [-0.05, 0) is 47.1 Å². The summed E-state index contributed by atoms with van der Waals surface area (Å²) in [4.78, 5) is 22.4. The number of aryl methyl sites for hydroxylation is 1. The maximum atomic E-state index is 12.4. The number of urea groups is 1. The van der Waals surface area contributed by atoms with Crippen LogP contribution < -0.4 is 15.5 Å². The SMILES string of the molecule is CC[C@H](C)NC(=O)N1CCN(c2nn3c(NC(C)(C)C)c(-c4cccc(C)c4)nc3s2)CC1. The highest BCUT2D eigenvalue weighted by atomic mass is 32.1. The fraction of sp³-hybridized carbons (Fsp3) is 0.542. The van der Waals surface area contributed by atoms with Crippen LogP contribution in [-0.4, -0.2) is 63.3 Å². The number of imidazole rings is 1. The van der Waals surface area contributed by atoms with E-state index in [0.717, 1.165) is 46.7 Å². The average Bonchev–Trinajstić information content (AvgIpc) is 3.32. The minimum Gasteiger partial charge on any atom is -0.364 e. The van der Waals surface area contributed by atoms with Crippen LogP contribution in [0.1, 0.15) is 46.6 Å². The Kier molecular flexibility index (Phi) is 6.52. The summed E-state index contributed by atoms with van der Waals surface area (Å²) in [5.41, 5.74) is 3.08. The molecule has 1 fully saturated rings. The van der Waals surface area contributed by atoms with Crippen molar-refractivity contribution >= 4 is 33.3 Å². The van der Waals surface area contributed by atoms with E-state index in [1.54, 1.807) is 11.3 Å². The first-order valence-corrected chi connectivity index (χ1v) is 12.5. The van der Waals surface area contributed by atoms with Gasteiger partial charge >= 0.3 is 6.03 Å². The Hall–Kier alpha value is -2.81. The molecule has 0 aliphatic carbocycles. The molecule has 1 atom stereocenters. The minimum absolute atomic E-state index is 0.0254. The predicted molar refractivity (Wildman–Crippen MR) is 136 cm³/mol. The van der Waals surface area contributed by atoms with Gasteiger partial charge in [0.15, 0.2) is 5.82 Å². The monoisotopic (exact) mass is 469 g/mol. The zero-order valence-electron chi connectivity index (χ0n) is 20.5. The molecule has 2 aromatic heterocycles. The largest absolute Gasteiger partial charge is 0.364 e. The van der Waals surface area contributed by atoms with Crippen molar-refractivity contribution in [3.63, 3.8) is 0 Å². The molecule has 0 unspecified atom stereocenters. The third-order valence-electron chi connectivity index (χ3n) is 5.80. The summed E-state index contributed by atoms with van der Waals surface area (Å²) in [6.07, 6.45) is 0.931. The highest BCUT2D eigenvalue weighted by Crippen LogP contribution is 2.35. The summed E-state index contributed by atoms with van der Waals surface area (Å²) >= 11 is 1.60. The van der Waals surface area contributed by atoms with E-state index in [4.69, 9.17) is 10.1 Å². The third-order valence-corrected chi connectivity index (χ3v) is 6.77. The minimum atomic E-state index is -0.132. The molecule has 178 valence electrons. The van der Waals surface area contributed by atoms with Crippen molar-refractivity contribution in [1.29, 1.82) is 0 Å². The summed E-state index contributed by atoms with van der Waals surface area (Å²) < 4.78 is 1.94. The lowest BCUT2D eigenvalue weighted by Crippen LogP contribution is -2.53. The van der Waals surface area contributed by atoms with Gasteiger partial charge < -0.3 is 20.4 Å². The van der Waals surface area contributed by atoms with Gasteiger partial charge in [-0.2, -0.15) is 4.52 Å². The van der Waals surface area contributed by atoms with Crippen LogP contribution in [0.5, 0.6) is 0 Å². The van der Waals surface area contributed by atoms with Crippen LogP contribution >= 0.6 is 11.3 Å². The maximum Gasteiger partial charge on any atom is 0.317 e. The number of fused-ring (bicyclic) bond motifs is 1. The van der Waals surface area contributed by atoms with Crippen molar-refractivity contribution in [2.24, 2.45) is 0 Å². The van der Waals surface area contributed by atoms with E-state index in [2.05, 4.69) is 74.4 Å². The molecule has 2 N–H and O–H groups in total. The zero-order valence-corrected chi connectivity index (χ0v) is 21.3. The van der Waals surface area contributed by atoms with Gasteiger partial charge in [-0.25, -0.2) is 9.78 Å². The summed E-state index contributed by atoms with van der Waals surface area (Å²) in [6.45, 7) is 15.5. The summed E-state index contributed by atoms with van der Waals surface area (Å²) in [6, 6.07) is 8.63. The van der Waals surface area contributed by atoms with Crippen molar-refractivity contribution in [1.82, 2.24) is 24.8 Å². The fourth-order valence-electron chi connectivity index (χ4n) is 3.83. The van der Waals surface area contributed by atoms with Crippen molar-refractivity contribution in [3.05, 3.63) is 29.8 Å². The van der Waals surface area contributed by atoms with Gasteiger partial charge in [0.05, 0.1) is 0 Å². The number of piperazine rings is 1. The number of nitrogens with one attached hydrogen (secondary N) is 2. The van der Waals surface area contributed by atoms with Crippen LogP contribution in [0.25, 0.3) is 16.2 Å². The first-order valence-electron chi connectivity index (χ1n) is 11.7. The van der Waals surface area contributed by atoms with E-state index in [1.807, 2.05) is 16.3 Å². The number of hydrogen-bond acceptors (Lipinski definition) is 6. The van der Waals surface area contributed by atoms with E-state index in [-0.39, 0.29) is 17.6 Å². The van der Waals surface area contributed by atoms with Gasteiger partial charge in [0.2, 0.25) is 10.1 Å². The Labute approximate surface area is 200 Å². The first-order chi connectivity index (χ1) is 15.6. The van der Waals surface area contributed by atoms with Crippen molar-refractivity contribution in [2.75, 3.05) is 36.4 Å². The number of benzene rings is 1. The standard InChI is InChI=1S/C24H35N7OS/c1-7-17(3)25-21(32)29-11-13-30(14-12-29)23-28-31-20(27-24(4,5)6)19(26-22(31)33-23)18-10-8-9-16(2)15-18/h8-10,15,17,27H,7,11-14H2,1-6H3,(H,25,32)/t17-/m0/s1. The quantitative estimate of drug-likeness (QED) is 0.571. The Morgan fingerprint density at radius 2 is 1.94 bits per heavy atom. The van der Waals surface area contributed by atoms with Crippen LogP contribution in [-0.2, 0) is 0 Å². The molecule has 0 radical (unpaired) electrons. The second-order valence-electron chi connectivity index (χ2n) is 9.87. The number of anilines is 2. The molecule has 0 spiro atoms. The molecule has 1 aromatic carbocycles. The lowest BCUT2D eigenvalue weighted by atomic mass is 10.1. The Balaban J connectivity index is 1.57. The number of carbonyl (C=O) groups excluding carboxylic acids is 1. The molecule has 2 amide bonds. The molecule has 0 saturated carbocycles. The van der Waals surface area contributed by atoms with Gasteiger partial charge in [-0.1, -0.05) is 42.0 Å². The third kappa shape index (κ3) is 5.24. The number of amides is 2. The highest BCUT2D eigenvalue weighted by Gasteiger charge is 2.27. The van der Waals surface area contributed by atoms with E-state index in [9.17, 15) is 4.79 Å². The maximum absolute atomic E-state index is 12.4. The molecule has 33 heavy (non-hydrogen) atoms. The lowest BCUT2D eigenvalue weighted by molar-refractivity contribution is 0.190. The van der Waals surface area contributed by atoms with Crippen molar-refractivity contribution in [3.8, 4) is 11.3 Å². The van der Waals surface area contributed by atoms with Gasteiger partial charge in [-0.15, -0.1) is 5.10 Å². The van der Waals surface area contributed by atoms with Crippen LogP contribution in [0.15, 0.2) is 24.3 Å². The summed E-state index contributed by atoms with van der Waals surface area (Å²) in [7, 11) is 0.